The van der Waals surface area contributed by atoms with Crippen LogP contribution < -0.4 is 5.73 Å². The van der Waals surface area contributed by atoms with Gasteiger partial charge in [0.15, 0.2) is 0 Å². The summed E-state index contributed by atoms with van der Waals surface area (Å²) in [6, 6.07) is 0.0172. The van der Waals surface area contributed by atoms with Gasteiger partial charge in [-0.15, -0.1) is 10.2 Å². The summed E-state index contributed by atoms with van der Waals surface area (Å²) in [5.41, 5.74) is 6.03. The standard InChI is InChI=1S/C9H18N4S/c1-4-13-7(2)11-12-9(13)8(10)5-6-14-3/h8H,4-6,10H2,1-3H3/t8-/m1/s1. The molecule has 1 rings (SSSR count). The van der Waals surface area contributed by atoms with Crippen molar-refractivity contribution in [3.63, 3.8) is 0 Å². The zero-order chi connectivity index (χ0) is 10.6. The maximum atomic E-state index is 6.03. The minimum Gasteiger partial charge on any atom is -0.321 e. The van der Waals surface area contributed by atoms with Crippen molar-refractivity contribution in [1.29, 1.82) is 0 Å². The summed E-state index contributed by atoms with van der Waals surface area (Å²) in [6.07, 6.45) is 3.04. The molecule has 4 nitrogen and oxygen atoms in total. The summed E-state index contributed by atoms with van der Waals surface area (Å²) >= 11 is 1.81. The first kappa shape index (κ1) is 11.5. The third-order valence-corrected chi connectivity index (χ3v) is 2.89. The molecule has 0 fully saturated rings. The predicted molar refractivity (Wildman–Crippen MR) is 60.4 cm³/mol. The molecule has 0 aliphatic carbocycles. The van der Waals surface area contributed by atoms with E-state index in [4.69, 9.17) is 5.73 Å². The van der Waals surface area contributed by atoms with Gasteiger partial charge in [-0.3, -0.25) is 0 Å². The molecular weight excluding hydrogens is 196 g/mol. The van der Waals surface area contributed by atoms with Crippen LogP contribution in [0.25, 0.3) is 0 Å². The molecule has 0 radical (unpaired) electrons. The number of aromatic nitrogens is 3. The van der Waals surface area contributed by atoms with Gasteiger partial charge in [0.1, 0.15) is 11.6 Å². The molecule has 0 bridgehead atoms. The molecule has 0 saturated carbocycles. The van der Waals surface area contributed by atoms with Crippen LogP contribution in [0.4, 0.5) is 0 Å². The van der Waals surface area contributed by atoms with Crippen LogP contribution in [0.3, 0.4) is 0 Å². The summed E-state index contributed by atoms with van der Waals surface area (Å²) < 4.78 is 2.07. The van der Waals surface area contributed by atoms with E-state index in [9.17, 15) is 0 Å². The van der Waals surface area contributed by atoms with Crippen molar-refractivity contribution in [2.24, 2.45) is 5.73 Å². The Kier molecular flexibility index (Phi) is 4.41. The van der Waals surface area contributed by atoms with Crippen molar-refractivity contribution < 1.29 is 0 Å². The van der Waals surface area contributed by atoms with E-state index in [1.165, 1.54) is 0 Å². The van der Waals surface area contributed by atoms with Crippen molar-refractivity contribution in [1.82, 2.24) is 14.8 Å². The lowest BCUT2D eigenvalue weighted by Crippen LogP contribution is -2.17. The van der Waals surface area contributed by atoms with Gasteiger partial charge >= 0.3 is 0 Å². The summed E-state index contributed by atoms with van der Waals surface area (Å²) in [7, 11) is 0. The van der Waals surface area contributed by atoms with Crippen LogP contribution >= 0.6 is 11.8 Å². The van der Waals surface area contributed by atoms with E-state index in [2.05, 4.69) is 27.9 Å². The lowest BCUT2D eigenvalue weighted by atomic mass is 10.2. The number of thioether (sulfide) groups is 1. The van der Waals surface area contributed by atoms with Crippen molar-refractivity contribution in [2.75, 3.05) is 12.0 Å². The second-order valence-electron chi connectivity index (χ2n) is 3.24. The number of hydrogen-bond donors (Lipinski definition) is 1. The quantitative estimate of drug-likeness (QED) is 0.804. The number of aryl methyl sites for hydroxylation is 1. The first-order valence-corrected chi connectivity index (χ1v) is 6.24. The van der Waals surface area contributed by atoms with Crippen molar-refractivity contribution >= 4 is 11.8 Å². The highest BCUT2D eigenvalue weighted by molar-refractivity contribution is 7.98. The Morgan fingerprint density at radius 1 is 1.50 bits per heavy atom. The molecule has 0 aromatic carbocycles. The van der Waals surface area contributed by atoms with Crippen molar-refractivity contribution in [3.8, 4) is 0 Å². The van der Waals surface area contributed by atoms with Gasteiger partial charge in [0, 0.05) is 6.54 Å². The second-order valence-corrected chi connectivity index (χ2v) is 4.22. The van der Waals surface area contributed by atoms with E-state index >= 15 is 0 Å². The van der Waals surface area contributed by atoms with Gasteiger partial charge in [-0.2, -0.15) is 11.8 Å². The number of nitrogens with two attached hydrogens (primary N) is 1. The monoisotopic (exact) mass is 214 g/mol. The molecule has 0 amide bonds. The maximum absolute atomic E-state index is 6.03. The average molecular weight is 214 g/mol. The van der Waals surface area contributed by atoms with Gasteiger partial charge in [0.2, 0.25) is 0 Å². The number of rotatable bonds is 5. The topological polar surface area (TPSA) is 56.7 Å². The average Bonchev–Trinajstić information content (AvgIpc) is 2.55. The molecule has 1 aromatic heterocycles. The molecule has 0 spiro atoms. The predicted octanol–water partition coefficient (Wildman–Crippen LogP) is 1.36. The minimum atomic E-state index is 0.0172. The molecule has 0 aliphatic heterocycles. The Labute approximate surface area is 89.3 Å². The summed E-state index contributed by atoms with van der Waals surface area (Å²) in [5, 5.41) is 8.16. The first-order chi connectivity index (χ1) is 6.70. The Bertz CT molecular complexity index is 284. The fraction of sp³-hybridized carbons (Fsp3) is 0.778. The fourth-order valence-electron chi connectivity index (χ4n) is 1.44. The molecule has 0 aliphatic rings. The van der Waals surface area contributed by atoms with E-state index in [1.807, 2.05) is 18.7 Å². The van der Waals surface area contributed by atoms with E-state index in [0.29, 0.717) is 0 Å². The van der Waals surface area contributed by atoms with Crippen LogP contribution in [0, 0.1) is 6.92 Å². The van der Waals surface area contributed by atoms with E-state index in [1.54, 1.807) is 0 Å². The van der Waals surface area contributed by atoms with Crippen LogP contribution in [0.15, 0.2) is 0 Å². The van der Waals surface area contributed by atoms with Gasteiger partial charge in [0.25, 0.3) is 0 Å². The highest BCUT2D eigenvalue weighted by Gasteiger charge is 2.14. The van der Waals surface area contributed by atoms with Crippen LogP contribution in [-0.4, -0.2) is 26.8 Å². The Hall–Kier alpha value is -0.550. The number of hydrogen-bond acceptors (Lipinski definition) is 4. The van der Waals surface area contributed by atoms with Crippen LogP contribution in [0.5, 0.6) is 0 Å². The molecule has 5 heteroatoms. The molecule has 14 heavy (non-hydrogen) atoms. The van der Waals surface area contributed by atoms with E-state index < -0.39 is 0 Å². The smallest absolute Gasteiger partial charge is 0.149 e. The Morgan fingerprint density at radius 3 is 2.79 bits per heavy atom. The molecule has 1 aromatic rings. The first-order valence-electron chi connectivity index (χ1n) is 4.84. The molecule has 1 atom stereocenters. The summed E-state index contributed by atoms with van der Waals surface area (Å²) in [4.78, 5) is 0. The van der Waals surface area contributed by atoms with Gasteiger partial charge in [-0.05, 0) is 32.3 Å². The van der Waals surface area contributed by atoms with Crippen LogP contribution in [0.2, 0.25) is 0 Å². The van der Waals surface area contributed by atoms with Crippen LogP contribution in [-0.2, 0) is 6.54 Å². The van der Waals surface area contributed by atoms with Crippen molar-refractivity contribution in [2.45, 2.75) is 32.9 Å². The third-order valence-electron chi connectivity index (χ3n) is 2.25. The minimum absolute atomic E-state index is 0.0172. The summed E-state index contributed by atoms with van der Waals surface area (Å²) in [6.45, 7) is 4.93. The number of nitrogens with zero attached hydrogens (tertiary/aromatic N) is 3. The summed E-state index contributed by atoms with van der Waals surface area (Å²) in [5.74, 6) is 2.93. The van der Waals surface area contributed by atoms with E-state index in [0.717, 1.165) is 30.4 Å². The fourth-order valence-corrected chi connectivity index (χ4v) is 1.93. The van der Waals surface area contributed by atoms with Gasteiger partial charge < -0.3 is 10.3 Å². The SMILES string of the molecule is CCn1c(C)nnc1[C@H](N)CCSC. The van der Waals surface area contributed by atoms with Gasteiger partial charge in [0.05, 0.1) is 6.04 Å². The highest BCUT2D eigenvalue weighted by Crippen LogP contribution is 2.14. The molecule has 1 heterocycles. The third kappa shape index (κ3) is 2.48. The molecule has 0 saturated heterocycles. The van der Waals surface area contributed by atoms with Gasteiger partial charge in [-0.25, -0.2) is 0 Å². The molecular formula is C9H18N4S. The van der Waals surface area contributed by atoms with E-state index in [-0.39, 0.29) is 6.04 Å². The zero-order valence-electron chi connectivity index (χ0n) is 9.03. The highest BCUT2D eigenvalue weighted by atomic mass is 32.2. The molecule has 80 valence electrons. The normalized spacial score (nSPS) is 13.1. The van der Waals surface area contributed by atoms with Crippen LogP contribution in [0.1, 0.15) is 31.0 Å². The lowest BCUT2D eigenvalue weighted by Gasteiger charge is -2.11. The second kappa shape index (κ2) is 5.36. The molecule has 0 unspecified atom stereocenters. The zero-order valence-corrected chi connectivity index (χ0v) is 9.84. The van der Waals surface area contributed by atoms with Gasteiger partial charge in [-0.1, -0.05) is 0 Å². The Morgan fingerprint density at radius 2 is 2.21 bits per heavy atom. The molecule has 2 N–H and O–H groups in total. The van der Waals surface area contributed by atoms with Crippen molar-refractivity contribution in [3.05, 3.63) is 11.6 Å². The maximum Gasteiger partial charge on any atom is 0.149 e. The lowest BCUT2D eigenvalue weighted by molar-refractivity contribution is 0.585. The largest absolute Gasteiger partial charge is 0.321 e. The Balaban J connectivity index is 2.73.